The first-order valence-corrected chi connectivity index (χ1v) is 8.61. The van der Waals surface area contributed by atoms with Gasteiger partial charge in [0.1, 0.15) is 12.2 Å². The highest BCUT2D eigenvalue weighted by molar-refractivity contribution is 5.77. The zero-order chi connectivity index (χ0) is 16.9. The van der Waals surface area contributed by atoms with Crippen molar-refractivity contribution >= 4 is 11.8 Å². The van der Waals surface area contributed by atoms with Gasteiger partial charge in [-0.15, -0.1) is 0 Å². The van der Waals surface area contributed by atoms with Gasteiger partial charge >= 0.3 is 0 Å². The Morgan fingerprint density at radius 2 is 2.13 bits per heavy atom. The number of methoxy groups -OCH3 is 1. The monoisotopic (exact) mass is 326 g/mol. The fraction of sp³-hybridized carbons (Fsp3) is 0.882. The molecule has 2 heterocycles. The highest BCUT2D eigenvalue weighted by Crippen LogP contribution is 2.36. The van der Waals surface area contributed by atoms with Crippen LogP contribution in [0.5, 0.6) is 0 Å². The predicted octanol–water partition coefficient (Wildman–Crippen LogP) is 1.19. The molecule has 2 amide bonds. The Morgan fingerprint density at radius 1 is 1.39 bits per heavy atom. The van der Waals surface area contributed by atoms with E-state index >= 15 is 0 Å². The molecule has 132 valence electrons. The standard InChI is InChI=1S/C17H30N2O4/c1-13(2)4-5-16(21)19-11-17(12-19)7-6-14(9-23-17)8-18-15(20)10-22-3/h13-14H,4-12H2,1-3H3,(H,18,20)/t14-/m0/s1. The lowest BCUT2D eigenvalue weighted by Gasteiger charge is -2.52. The summed E-state index contributed by atoms with van der Waals surface area (Å²) in [6, 6.07) is 0. The van der Waals surface area contributed by atoms with E-state index in [-0.39, 0.29) is 24.0 Å². The Hall–Kier alpha value is -1.14. The first-order chi connectivity index (χ1) is 10.9. The third kappa shape index (κ3) is 5.18. The molecule has 0 saturated carbocycles. The van der Waals surface area contributed by atoms with Crippen LogP contribution < -0.4 is 5.32 Å². The first-order valence-electron chi connectivity index (χ1n) is 8.61. The summed E-state index contributed by atoms with van der Waals surface area (Å²) in [5.74, 6) is 1.08. The molecule has 2 rings (SSSR count). The van der Waals surface area contributed by atoms with Crippen molar-refractivity contribution in [2.75, 3.05) is 40.0 Å². The normalized spacial score (nSPS) is 23.0. The van der Waals surface area contributed by atoms with Crippen LogP contribution in [-0.2, 0) is 19.1 Å². The molecule has 1 N–H and O–H groups in total. The molecule has 1 atom stereocenters. The largest absolute Gasteiger partial charge is 0.375 e. The van der Waals surface area contributed by atoms with Crippen molar-refractivity contribution in [3.05, 3.63) is 0 Å². The second-order valence-electron chi connectivity index (χ2n) is 7.32. The molecule has 0 aromatic rings. The SMILES string of the molecule is COCC(=O)NC[C@@H]1CCC2(CN(C(=O)CCC(C)C)C2)OC1. The molecule has 2 saturated heterocycles. The lowest BCUT2D eigenvalue weighted by atomic mass is 9.82. The minimum absolute atomic E-state index is 0.0849. The summed E-state index contributed by atoms with van der Waals surface area (Å²) in [4.78, 5) is 25.4. The number of rotatable bonds is 7. The summed E-state index contributed by atoms with van der Waals surface area (Å²) in [6.45, 7) is 7.13. The zero-order valence-electron chi connectivity index (χ0n) is 14.6. The van der Waals surface area contributed by atoms with Gasteiger partial charge in [0.15, 0.2) is 0 Å². The molecule has 0 radical (unpaired) electrons. The van der Waals surface area contributed by atoms with Crippen LogP contribution in [0.1, 0.15) is 39.5 Å². The Bertz CT molecular complexity index is 409. The molecule has 6 heteroatoms. The minimum Gasteiger partial charge on any atom is -0.375 e. The highest BCUT2D eigenvalue weighted by atomic mass is 16.5. The van der Waals surface area contributed by atoms with Crippen molar-refractivity contribution in [1.82, 2.24) is 10.2 Å². The molecule has 0 aromatic heterocycles. The van der Waals surface area contributed by atoms with Crippen LogP contribution in [0.4, 0.5) is 0 Å². The van der Waals surface area contributed by atoms with E-state index in [1.807, 2.05) is 4.90 Å². The lowest BCUT2D eigenvalue weighted by Crippen LogP contribution is -2.66. The van der Waals surface area contributed by atoms with E-state index in [9.17, 15) is 9.59 Å². The maximum absolute atomic E-state index is 12.1. The summed E-state index contributed by atoms with van der Waals surface area (Å²) in [5, 5.41) is 2.86. The first kappa shape index (κ1) is 18.2. The molecule has 23 heavy (non-hydrogen) atoms. The van der Waals surface area contributed by atoms with Gasteiger partial charge in [0.05, 0.1) is 19.7 Å². The molecule has 6 nitrogen and oxygen atoms in total. The summed E-state index contributed by atoms with van der Waals surface area (Å²) < 4.78 is 10.8. The lowest BCUT2D eigenvalue weighted by molar-refractivity contribution is -0.188. The fourth-order valence-electron chi connectivity index (χ4n) is 3.16. The Labute approximate surface area is 138 Å². The number of ether oxygens (including phenoxy) is 2. The maximum atomic E-state index is 12.1. The molecular formula is C17H30N2O4. The Balaban J connectivity index is 1.64. The molecule has 2 aliphatic heterocycles. The molecule has 2 fully saturated rings. The van der Waals surface area contributed by atoms with Gasteiger partial charge in [0, 0.05) is 20.1 Å². The van der Waals surface area contributed by atoms with Crippen LogP contribution in [0.3, 0.4) is 0 Å². The summed E-state index contributed by atoms with van der Waals surface area (Å²) in [6.07, 6.45) is 3.58. The van der Waals surface area contributed by atoms with Crippen LogP contribution in [0.25, 0.3) is 0 Å². The van der Waals surface area contributed by atoms with Gasteiger partial charge in [-0.3, -0.25) is 9.59 Å². The smallest absolute Gasteiger partial charge is 0.245 e. The summed E-state index contributed by atoms with van der Waals surface area (Å²) >= 11 is 0. The van der Waals surface area contributed by atoms with Gasteiger partial charge in [-0.2, -0.15) is 0 Å². The van der Waals surface area contributed by atoms with E-state index < -0.39 is 0 Å². The number of nitrogens with one attached hydrogen (secondary N) is 1. The molecule has 0 bridgehead atoms. The van der Waals surface area contributed by atoms with Crippen LogP contribution in [0.2, 0.25) is 0 Å². The van der Waals surface area contributed by atoms with E-state index in [0.717, 1.165) is 32.4 Å². The zero-order valence-corrected chi connectivity index (χ0v) is 14.6. The molecule has 0 aromatic carbocycles. The van der Waals surface area contributed by atoms with Gasteiger partial charge in [-0.05, 0) is 31.1 Å². The molecule has 1 spiro atoms. The van der Waals surface area contributed by atoms with Crippen molar-refractivity contribution in [1.29, 1.82) is 0 Å². The average Bonchev–Trinajstić information content (AvgIpc) is 2.49. The molecule has 2 aliphatic rings. The van der Waals surface area contributed by atoms with Crippen LogP contribution in [0, 0.1) is 11.8 Å². The summed E-state index contributed by atoms with van der Waals surface area (Å²) in [7, 11) is 1.51. The van der Waals surface area contributed by atoms with E-state index in [1.165, 1.54) is 7.11 Å². The average molecular weight is 326 g/mol. The van der Waals surface area contributed by atoms with Gasteiger partial charge in [0.25, 0.3) is 0 Å². The summed E-state index contributed by atoms with van der Waals surface area (Å²) in [5.41, 5.74) is -0.124. The highest BCUT2D eigenvalue weighted by Gasteiger charge is 2.48. The fourth-order valence-corrected chi connectivity index (χ4v) is 3.16. The number of hydrogen-bond donors (Lipinski definition) is 1. The number of nitrogens with zero attached hydrogens (tertiary/aromatic N) is 1. The third-order valence-electron chi connectivity index (χ3n) is 4.74. The van der Waals surface area contributed by atoms with Crippen molar-refractivity contribution in [3.8, 4) is 0 Å². The Morgan fingerprint density at radius 3 is 2.70 bits per heavy atom. The van der Waals surface area contributed by atoms with Crippen LogP contribution >= 0.6 is 0 Å². The minimum atomic E-state index is -0.124. The molecular weight excluding hydrogens is 296 g/mol. The number of carbonyl (C=O) groups is 2. The van der Waals surface area contributed by atoms with Crippen LogP contribution in [0.15, 0.2) is 0 Å². The van der Waals surface area contributed by atoms with E-state index in [1.54, 1.807) is 0 Å². The van der Waals surface area contributed by atoms with Crippen molar-refractivity contribution in [2.45, 2.75) is 45.1 Å². The van der Waals surface area contributed by atoms with Crippen molar-refractivity contribution in [3.63, 3.8) is 0 Å². The van der Waals surface area contributed by atoms with Gasteiger partial charge in [-0.1, -0.05) is 13.8 Å². The van der Waals surface area contributed by atoms with Crippen molar-refractivity contribution in [2.24, 2.45) is 11.8 Å². The van der Waals surface area contributed by atoms with Gasteiger partial charge in [0.2, 0.25) is 11.8 Å². The quantitative estimate of drug-likeness (QED) is 0.763. The van der Waals surface area contributed by atoms with Gasteiger partial charge < -0.3 is 19.7 Å². The number of likely N-dealkylation sites (tertiary alicyclic amines) is 1. The number of hydrogen-bond acceptors (Lipinski definition) is 4. The van der Waals surface area contributed by atoms with Crippen LogP contribution in [-0.4, -0.2) is 62.3 Å². The number of carbonyl (C=O) groups excluding carboxylic acids is 2. The third-order valence-corrected chi connectivity index (χ3v) is 4.74. The topological polar surface area (TPSA) is 67.9 Å². The van der Waals surface area contributed by atoms with Gasteiger partial charge in [-0.25, -0.2) is 0 Å². The molecule has 0 unspecified atom stereocenters. The maximum Gasteiger partial charge on any atom is 0.245 e. The van der Waals surface area contributed by atoms with Crippen molar-refractivity contribution < 1.29 is 19.1 Å². The van der Waals surface area contributed by atoms with E-state index in [2.05, 4.69) is 19.2 Å². The second-order valence-corrected chi connectivity index (χ2v) is 7.32. The number of amides is 2. The second kappa shape index (κ2) is 8.11. The molecule has 0 aliphatic carbocycles. The van der Waals surface area contributed by atoms with E-state index in [4.69, 9.17) is 9.47 Å². The predicted molar refractivity (Wildman–Crippen MR) is 86.9 cm³/mol. The van der Waals surface area contributed by atoms with E-state index in [0.29, 0.717) is 31.4 Å². The Kier molecular flexibility index (Phi) is 6.41.